The molecule has 8 heteroatoms. The third kappa shape index (κ3) is 4.52. The van der Waals surface area contributed by atoms with Gasteiger partial charge in [-0.1, -0.05) is 36.7 Å². The number of fused-ring (bicyclic) bond motifs is 1. The van der Waals surface area contributed by atoms with Crippen molar-refractivity contribution in [3.05, 3.63) is 116 Å². The summed E-state index contributed by atoms with van der Waals surface area (Å²) in [6, 6.07) is 21.1. The van der Waals surface area contributed by atoms with Gasteiger partial charge < -0.3 is 9.32 Å². The summed E-state index contributed by atoms with van der Waals surface area (Å²) in [7, 11) is 0. The summed E-state index contributed by atoms with van der Waals surface area (Å²) in [5, 5.41) is 2.94. The number of benzene rings is 2. The van der Waals surface area contributed by atoms with E-state index in [2.05, 4.69) is 0 Å². The zero-order valence-electron chi connectivity index (χ0n) is 18.9. The molecule has 35 heavy (non-hydrogen) atoms. The Bertz CT molecular complexity index is 1510. The van der Waals surface area contributed by atoms with Crippen molar-refractivity contribution in [1.29, 1.82) is 0 Å². The minimum absolute atomic E-state index is 0.145. The van der Waals surface area contributed by atoms with E-state index < -0.39 is 6.04 Å². The maximum atomic E-state index is 13.8. The first-order valence-electron chi connectivity index (χ1n) is 11.2. The monoisotopic (exact) mass is 503 g/mol. The number of carbonyl (C=O) groups is 1. The van der Waals surface area contributed by atoms with Crippen molar-refractivity contribution < 1.29 is 9.21 Å². The number of para-hydroxylation sites is 1. The summed E-state index contributed by atoms with van der Waals surface area (Å²) < 4.78 is 7.18. The zero-order chi connectivity index (χ0) is 24.4. The van der Waals surface area contributed by atoms with E-state index in [0.29, 0.717) is 44.5 Å². The van der Waals surface area contributed by atoms with Crippen LogP contribution < -0.4 is 5.56 Å². The van der Waals surface area contributed by atoms with Crippen LogP contribution in [0.3, 0.4) is 0 Å². The van der Waals surface area contributed by atoms with Crippen molar-refractivity contribution in [2.24, 2.45) is 0 Å². The highest BCUT2D eigenvalue weighted by Crippen LogP contribution is 2.30. The first kappa shape index (κ1) is 23.1. The van der Waals surface area contributed by atoms with Crippen molar-refractivity contribution in [2.75, 3.05) is 0 Å². The standard InChI is InChI=1S/C27H22ClN3O3S/c1-2-23(30(17-20-7-5-15-34-20)27(33)24-10-6-16-35-24)25-29-22-9-4-3-8-21(22)26(32)31(25)19-13-11-18(28)12-14-19/h3-16,23H,2,17H2,1H3. The first-order chi connectivity index (χ1) is 17.1. The van der Waals surface area contributed by atoms with Crippen molar-refractivity contribution in [2.45, 2.75) is 25.9 Å². The van der Waals surface area contributed by atoms with Gasteiger partial charge in [-0.25, -0.2) is 4.98 Å². The molecule has 0 N–H and O–H groups in total. The number of nitrogens with zero attached hydrogens (tertiary/aromatic N) is 3. The van der Waals surface area contributed by atoms with E-state index in [-0.39, 0.29) is 18.0 Å². The number of rotatable bonds is 7. The maximum Gasteiger partial charge on any atom is 0.266 e. The zero-order valence-corrected chi connectivity index (χ0v) is 20.5. The van der Waals surface area contributed by atoms with Crippen molar-refractivity contribution >= 4 is 39.7 Å². The minimum atomic E-state index is -0.498. The quantitative estimate of drug-likeness (QED) is 0.254. The molecule has 1 amide bonds. The molecule has 3 aromatic heterocycles. The summed E-state index contributed by atoms with van der Waals surface area (Å²) in [4.78, 5) is 34.7. The molecular weight excluding hydrogens is 482 g/mol. The third-order valence-electron chi connectivity index (χ3n) is 5.85. The van der Waals surface area contributed by atoms with Crippen molar-refractivity contribution in [3.63, 3.8) is 0 Å². The smallest absolute Gasteiger partial charge is 0.266 e. The molecular formula is C27H22ClN3O3S. The lowest BCUT2D eigenvalue weighted by molar-refractivity contribution is 0.0629. The summed E-state index contributed by atoms with van der Waals surface area (Å²) in [6.07, 6.45) is 2.12. The van der Waals surface area contributed by atoms with Gasteiger partial charge in [-0.05, 0) is 66.4 Å². The fourth-order valence-corrected chi connectivity index (χ4v) is 5.00. The second-order valence-corrected chi connectivity index (χ2v) is 9.40. The number of aromatic nitrogens is 2. The SMILES string of the molecule is CCC(c1nc2ccccc2c(=O)n1-c1ccc(Cl)cc1)N(Cc1ccco1)C(=O)c1cccs1. The van der Waals surface area contributed by atoms with Gasteiger partial charge in [0.1, 0.15) is 11.6 Å². The molecule has 3 heterocycles. The van der Waals surface area contributed by atoms with Crippen LogP contribution >= 0.6 is 22.9 Å². The van der Waals surface area contributed by atoms with Gasteiger partial charge >= 0.3 is 0 Å². The Hall–Kier alpha value is -3.68. The lowest BCUT2D eigenvalue weighted by Crippen LogP contribution is -2.38. The highest BCUT2D eigenvalue weighted by molar-refractivity contribution is 7.12. The molecule has 0 saturated carbocycles. The highest BCUT2D eigenvalue weighted by atomic mass is 35.5. The molecule has 6 nitrogen and oxygen atoms in total. The Morgan fingerprint density at radius 3 is 2.57 bits per heavy atom. The van der Waals surface area contributed by atoms with Crippen LogP contribution in [0.25, 0.3) is 16.6 Å². The van der Waals surface area contributed by atoms with E-state index in [1.165, 1.54) is 11.3 Å². The molecule has 1 atom stereocenters. The fraction of sp³-hybridized carbons (Fsp3) is 0.148. The molecule has 0 fully saturated rings. The lowest BCUT2D eigenvalue weighted by Gasteiger charge is -2.31. The first-order valence-corrected chi connectivity index (χ1v) is 12.5. The van der Waals surface area contributed by atoms with Crippen molar-refractivity contribution in [1.82, 2.24) is 14.5 Å². The Kier molecular flexibility index (Phi) is 6.53. The van der Waals surface area contributed by atoms with Gasteiger partial charge in [0.05, 0.1) is 40.3 Å². The second-order valence-electron chi connectivity index (χ2n) is 8.02. The third-order valence-corrected chi connectivity index (χ3v) is 6.96. The lowest BCUT2D eigenvalue weighted by atomic mass is 10.1. The van der Waals surface area contributed by atoms with Crippen LogP contribution in [0, 0.1) is 0 Å². The number of carbonyl (C=O) groups excluding carboxylic acids is 1. The number of halogens is 1. The molecule has 1 unspecified atom stereocenters. The van der Waals surface area contributed by atoms with Crippen LogP contribution in [0.5, 0.6) is 0 Å². The highest BCUT2D eigenvalue weighted by Gasteiger charge is 2.31. The van der Waals surface area contributed by atoms with Crippen LogP contribution in [-0.4, -0.2) is 20.4 Å². The van der Waals surface area contributed by atoms with E-state index in [1.54, 1.807) is 58.2 Å². The van der Waals surface area contributed by atoms with Crippen LogP contribution in [0.4, 0.5) is 0 Å². The molecule has 0 aliphatic heterocycles. The normalized spacial score (nSPS) is 12.1. The number of thiophene rings is 1. The number of furan rings is 1. The fourth-order valence-electron chi connectivity index (χ4n) is 4.19. The summed E-state index contributed by atoms with van der Waals surface area (Å²) in [6.45, 7) is 2.22. The van der Waals surface area contributed by atoms with Crippen LogP contribution in [0.1, 0.15) is 40.6 Å². The molecule has 5 rings (SSSR count). The molecule has 5 aromatic rings. The van der Waals surface area contributed by atoms with Crippen LogP contribution in [0.15, 0.2) is 93.7 Å². The second kappa shape index (κ2) is 9.90. The van der Waals surface area contributed by atoms with Gasteiger partial charge in [0.25, 0.3) is 11.5 Å². The van der Waals surface area contributed by atoms with Gasteiger partial charge in [-0.3, -0.25) is 14.2 Å². The average molecular weight is 504 g/mol. The topological polar surface area (TPSA) is 68.3 Å². The molecule has 0 saturated heterocycles. The van der Waals surface area contributed by atoms with E-state index in [1.807, 2.05) is 42.6 Å². The van der Waals surface area contributed by atoms with E-state index in [0.717, 1.165) is 0 Å². The molecule has 0 radical (unpaired) electrons. The summed E-state index contributed by atoms with van der Waals surface area (Å²) in [5.74, 6) is 0.984. The van der Waals surface area contributed by atoms with Gasteiger partial charge in [-0.2, -0.15) is 0 Å². The van der Waals surface area contributed by atoms with E-state index in [4.69, 9.17) is 21.0 Å². The van der Waals surface area contributed by atoms with Gasteiger partial charge in [0, 0.05) is 5.02 Å². The largest absolute Gasteiger partial charge is 0.467 e. The van der Waals surface area contributed by atoms with Crippen molar-refractivity contribution in [3.8, 4) is 5.69 Å². The number of hydrogen-bond acceptors (Lipinski definition) is 5. The minimum Gasteiger partial charge on any atom is -0.467 e. The Labute approximate surface area is 211 Å². The maximum absolute atomic E-state index is 13.8. The predicted molar refractivity (Wildman–Crippen MR) is 138 cm³/mol. The van der Waals surface area contributed by atoms with Gasteiger partial charge in [0.2, 0.25) is 0 Å². The molecule has 176 valence electrons. The van der Waals surface area contributed by atoms with E-state index >= 15 is 0 Å². The molecule has 0 bridgehead atoms. The predicted octanol–water partition coefficient (Wildman–Crippen LogP) is 6.49. The average Bonchev–Trinajstić information content (AvgIpc) is 3.59. The van der Waals surface area contributed by atoms with E-state index in [9.17, 15) is 9.59 Å². The summed E-state index contributed by atoms with van der Waals surface area (Å²) >= 11 is 7.50. The Morgan fingerprint density at radius 2 is 1.89 bits per heavy atom. The number of hydrogen-bond donors (Lipinski definition) is 0. The molecule has 0 aliphatic rings. The van der Waals surface area contributed by atoms with Gasteiger partial charge in [-0.15, -0.1) is 11.3 Å². The van der Waals surface area contributed by atoms with Crippen LogP contribution in [0.2, 0.25) is 5.02 Å². The molecule has 2 aromatic carbocycles. The van der Waals surface area contributed by atoms with Gasteiger partial charge in [0.15, 0.2) is 0 Å². The van der Waals surface area contributed by atoms with Crippen LogP contribution in [-0.2, 0) is 6.54 Å². The molecule has 0 aliphatic carbocycles. The Balaban J connectivity index is 1.73. The Morgan fingerprint density at radius 1 is 1.09 bits per heavy atom. The molecule has 0 spiro atoms. The summed E-state index contributed by atoms with van der Waals surface area (Å²) in [5.41, 5.74) is 1.01. The number of amides is 1.